The van der Waals surface area contributed by atoms with E-state index in [1.54, 1.807) is 7.05 Å². The van der Waals surface area contributed by atoms with E-state index in [-0.39, 0.29) is 17.8 Å². The molecule has 0 bridgehead atoms. The lowest BCUT2D eigenvalue weighted by Crippen LogP contribution is -2.36. The molecule has 0 spiro atoms. The summed E-state index contributed by atoms with van der Waals surface area (Å²) >= 11 is 0. The Morgan fingerprint density at radius 3 is 3.00 bits per heavy atom. The fourth-order valence-electron chi connectivity index (χ4n) is 2.60. The molecule has 2 aliphatic rings. The number of likely N-dealkylation sites (tertiary alicyclic amines) is 1. The van der Waals surface area contributed by atoms with Crippen molar-refractivity contribution in [3.63, 3.8) is 0 Å². The average molecular weight is 253 g/mol. The summed E-state index contributed by atoms with van der Waals surface area (Å²) in [7, 11) is 3.03. The van der Waals surface area contributed by atoms with Crippen LogP contribution in [0.1, 0.15) is 19.3 Å². The third kappa shape index (κ3) is 2.56. The molecule has 0 aliphatic carbocycles. The monoisotopic (exact) mass is 253 g/mol. The number of nitrogens with zero attached hydrogens (tertiary/aromatic N) is 1. The molecule has 0 aromatic rings. The van der Waals surface area contributed by atoms with Crippen LogP contribution in [0, 0.1) is 5.92 Å². The van der Waals surface area contributed by atoms with Gasteiger partial charge in [-0.05, 0) is 19.3 Å². The van der Waals surface area contributed by atoms with E-state index in [1.165, 1.54) is 17.6 Å². The van der Waals surface area contributed by atoms with Gasteiger partial charge in [0.25, 0.3) is 0 Å². The van der Waals surface area contributed by atoms with Crippen LogP contribution in [0.3, 0.4) is 0 Å². The molecule has 18 heavy (non-hydrogen) atoms. The van der Waals surface area contributed by atoms with Gasteiger partial charge < -0.3 is 14.4 Å². The lowest BCUT2D eigenvalue weighted by molar-refractivity contribution is -0.148. The second-order valence-electron chi connectivity index (χ2n) is 4.81. The van der Waals surface area contributed by atoms with Crippen LogP contribution in [0.2, 0.25) is 0 Å². The van der Waals surface area contributed by atoms with Crippen molar-refractivity contribution in [3.8, 4) is 0 Å². The number of methoxy groups -OCH3 is 1. The van der Waals surface area contributed by atoms with Crippen molar-refractivity contribution in [1.29, 1.82) is 0 Å². The summed E-state index contributed by atoms with van der Waals surface area (Å²) in [5, 5.41) is 0. The standard InChI is InChI=1S/C13H19NO4/c1-14-11(13(16)17-2)8-10(12(14)15)7-9-3-5-18-6-4-9/h3,10-11H,4-8H2,1-2H3/t10?,11-/m0/s1. The van der Waals surface area contributed by atoms with Crippen LogP contribution < -0.4 is 0 Å². The molecule has 2 rings (SSSR count). The van der Waals surface area contributed by atoms with Gasteiger partial charge in [-0.1, -0.05) is 11.6 Å². The third-order valence-corrected chi connectivity index (χ3v) is 3.71. The van der Waals surface area contributed by atoms with Crippen molar-refractivity contribution in [2.45, 2.75) is 25.3 Å². The van der Waals surface area contributed by atoms with E-state index in [2.05, 4.69) is 0 Å². The van der Waals surface area contributed by atoms with E-state index in [4.69, 9.17) is 9.47 Å². The first-order valence-electron chi connectivity index (χ1n) is 6.23. The fourth-order valence-corrected chi connectivity index (χ4v) is 2.60. The normalized spacial score (nSPS) is 28.2. The quantitative estimate of drug-likeness (QED) is 0.550. The topological polar surface area (TPSA) is 55.8 Å². The zero-order chi connectivity index (χ0) is 13.1. The van der Waals surface area contributed by atoms with Crippen molar-refractivity contribution in [2.75, 3.05) is 27.4 Å². The molecule has 100 valence electrons. The number of hydrogen-bond acceptors (Lipinski definition) is 4. The van der Waals surface area contributed by atoms with Crippen LogP contribution in [-0.2, 0) is 19.1 Å². The highest BCUT2D eigenvalue weighted by Gasteiger charge is 2.41. The Hall–Kier alpha value is -1.36. The van der Waals surface area contributed by atoms with Crippen LogP contribution >= 0.6 is 0 Å². The summed E-state index contributed by atoms with van der Waals surface area (Å²) < 4.78 is 9.97. The Labute approximate surface area is 107 Å². The molecule has 1 unspecified atom stereocenters. The van der Waals surface area contributed by atoms with Crippen LogP contribution in [0.15, 0.2) is 11.6 Å². The first-order valence-corrected chi connectivity index (χ1v) is 6.23. The molecule has 5 heteroatoms. The molecule has 5 nitrogen and oxygen atoms in total. The molecule has 2 heterocycles. The summed E-state index contributed by atoms with van der Waals surface area (Å²) in [6.45, 7) is 1.36. The maximum atomic E-state index is 12.1. The summed E-state index contributed by atoms with van der Waals surface area (Å²) in [5.74, 6) is -0.379. The van der Waals surface area contributed by atoms with Crippen LogP contribution in [0.4, 0.5) is 0 Å². The highest BCUT2D eigenvalue weighted by Crippen LogP contribution is 2.30. The number of amides is 1. The smallest absolute Gasteiger partial charge is 0.328 e. The zero-order valence-corrected chi connectivity index (χ0v) is 10.8. The van der Waals surface area contributed by atoms with Gasteiger partial charge in [-0.15, -0.1) is 0 Å². The van der Waals surface area contributed by atoms with Gasteiger partial charge in [0.2, 0.25) is 5.91 Å². The molecule has 0 aromatic heterocycles. The first-order chi connectivity index (χ1) is 8.63. The van der Waals surface area contributed by atoms with Crippen molar-refractivity contribution >= 4 is 11.9 Å². The molecule has 2 aliphatic heterocycles. The number of ether oxygens (including phenoxy) is 2. The molecule has 0 radical (unpaired) electrons. The van der Waals surface area contributed by atoms with Gasteiger partial charge in [-0.3, -0.25) is 4.79 Å². The van der Waals surface area contributed by atoms with Gasteiger partial charge in [0.15, 0.2) is 0 Å². The second kappa shape index (κ2) is 5.52. The minimum atomic E-state index is -0.423. The van der Waals surface area contributed by atoms with Gasteiger partial charge in [-0.2, -0.15) is 0 Å². The van der Waals surface area contributed by atoms with Gasteiger partial charge >= 0.3 is 5.97 Å². The van der Waals surface area contributed by atoms with Crippen LogP contribution in [0.25, 0.3) is 0 Å². The zero-order valence-electron chi connectivity index (χ0n) is 10.8. The molecule has 2 atom stereocenters. The summed E-state index contributed by atoms with van der Waals surface area (Å²) in [5.41, 5.74) is 1.26. The van der Waals surface area contributed by atoms with Crippen molar-refractivity contribution in [1.82, 2.24) is 4.90 Å². The molecule has 0 N–H and O–H groups in total. The predicted molar refractivity (Wildman–Crippen MR) is 64.8 cm³/mol. The summed E-state index contributed by atoms with van der Waals surface area (Å²) in [6.07, 6.45) is 4.22. The van der Waals surface area contributed by atoms with E-state index in [9.17, 15) is 9.59 Å². The van der Waals surface area contributed by atoms with Crippen LogP contribution in [-0.4, -0.2) is 50.2 Å². The Morgan fingerprint density at radius 1 is 1.61 bits per heavy atom. The number of carbonyl (C=O) groups excluding carboxylic acids is 2. The summed E-state index contributed by atoms with van der Waals surface area (Å²) in [6, 6.07) is -0.423. The SMILES string of the molecule is COC(=O)[C@@H]1CC(CC2=CCOCC2)C(=O)N1C. The van der Waals surface area contributed by atoms with Crippen molar-refractivity contribution < 1.29 is 19.1 Å². The highest BCUT2D eigenvalue weighted by molar-refractivity contribution is 5.89. The Balaban J connectivity index is 2.00. The first kappa shape index (κ1) is 13.1. The number of rotatable bonds is 3. The molecule has 1 amide bonds. The van der Waals surface area contributed by atoms with Crippen molar-refractivity contribution in [3.05, 3.63) is 11.6 Å². The van der Waals surface area contributed by atoms with E-state index in [0.29, 0.717) is 13.0 Å². The van der Waals surface area contributed by atoms with E-state index in [1.807, 2.05) is 6.08 Å². The number of likely N-dealkylation sites (N-methyl/N-ethyl adjacent to an activating group) is 1. The van der Waals surface area contributed by atoms with Crippen LogP contribution in [0.5, 0.6) is 0 Å². The van der Waals surface area contributed by atoms with Gasteiger partial charge in [0.1, 0.15) is 6.04 Å². The highest BCUT2D eigenvalue weighted by atomic mass is 16.5. The molecule has 0 saturated carbocycles. The summed E-state index contributed by atoms with van der Waals surface area (Å²) in [4.78, 5) is 25.1. The Kier molecular flexibility index (Phi) is 4.01. The van der Waals surface area contributed by atoms with Gasteiger partial charge in [0, 0.05) is 13.0 Å². The molecule has 0 aromatic carbocycles. The maximum Gasteiger partial charge on any atom is 0.328 e. The maximum absolute atomic E-state index is 12.1. The van der Waals surface area contributed by atoms with Gasteiger partial charge in [0.05, 0.1) is 20.3 Å². The predicted octanol–water partition coefficient (Wildman–Crippen LogP) is 0.743. The number of carbonyl (C=O) groups is 2. The van der Waals surface area contributed by atoms with E-state index >= 15 is 0 Å². The minimum Gasteiger partial charge on any atom is -0.467 e. The van der Waals surface area contributed by atoms with E-state index in [0.717, 1.165) is 19.4 Å². The second-order valence-corrected chi connectivity index (χ2v) is 4.81. The number of hydrogen-bond donors (Lipinski definition) is 0. The lowest BCUT2D eigenvalue weighted by Gasteiger charge is -2.17. The molecular weight excluding hydrogens is 234 g/mol. The third-order valence-electron chi connectivity index (χ3n) is 3.71. The Bertz CT molecular complexity index is 377. The number of esters is 1. The molecular formula is C13H19NO4. The molecule has 1 fully saturated rings. The van der Waals surface area contributed by atoms with Gasteiger partial charge in [-0.25, -0.2) is 4.79 Å². The fraction of sp³-hybridized carbons (Fsp3) is 0.692. The molecule has 1 saturated heterocycles. The minimum absolute atomic E-state index is 0.0396. The average Bonchev–Trinajstić information content (AvgIpc) is 2.67. The lowest BCUT2D eigenvalue weighted by atomic mass is 9.94. The van der Waals surface area contributed by atoms with Crippen molar-refractivity contribution in [2.24, 2.45) is 5.92 Å². The van der Waals surface area contributed by atoms with E-state index < -0.39 is 6.04 Å². The Morgan fingerprint density at radius 2 is 2.39 bits per heavy atom. The largest absolute Gasteiger partial charge is 0.467 e.